The van der Waals surface area contributed by atoms with Crippen LogP contribution in [0.15, 0.2) is 109 Å². The van der Waals surface area contributed by atoms with Gasteiger partial charge in [0.05, 0.1) is 17.1 Å². The number of hydrogen-bond donors (Lipinski definition) is 0. The first-order valence-corrected chi connectivity index (χ1v) is 17.6. The topological polar surface area (TPSA) is 77.3 Å². The largest absolute Gasteiger partial charge is 0.244 e. The van der Waals surface area contributed by atoms with Crippen LogP contribution in [0.4, 0.5) is 0 Å². The SMILES string of the molecule is CC1(C)c2ccccc2-c2nc(-c3nc(-c4ccc5c(n4)-c4ccccc4C5(C)C)nc(-c4ccc5c(n4)-c4ccccc4C5(C)C)n3)ccc21. The molecule has 3 aromatic carbocycles. The van der Waals surface area contributed by atoms with Gasteiger partial charge in [0, 0.05) is 32.9 Å². The molecule has 0 spiro atoms. The van der Waals surface area contributed by atoms with Gasteiger partial charge in [-0.05, 0) is 51.6 Å². The van der Waals surface area contributed by atoms with Gasteiger partial charge in [0.15, 0.2) is 17.5 Å². The van der Waals surface area contributed by atoms with Crippen molar-refractivity contribution in [2.24, 2.45) is 0 Å². The second-order valence-electron chi connectivity index (χ2n) is 15.6. The maximum absolute atomic E-state index is 5.25. The molecular formula is C45H36N6. The average Bonchev–Trinajstić information content (AvgIpc) is 3.64. The van der Waals surface area contributed by atoms with E-state index in [0.717, 1.165) is 33.8 Å². The summed E-state index contributed by atoms with van der Waals surface area (Å²) < 4.78 is 0. The number of aromatic nitrogens is 6. The molecule has 0 amide bonds. The van der Waals surface area contributed by atoms with Gasteiger partial charge in [-0.1, -0.05) is 133 Å². The van der Waals surface area contributed by atoms with Crippen molar-refractivity contribution in [2.75, 3.05) is 0 Å². The van der Waals surface area contributed by atoms with Crippen molar-refractivity contribution in [1.29, 1.82) is 0 Å². The molecule has 7 aromatic rings. The number of hydrogen-bond acceptors (Lipinski definition) is 6. The van der Waals surface area contributed by atoms with Crippen molar-refractivity contribution in [3.05, 3.63) is 143 Å². The van der Waals surface area contributed by atoms with Crippen molar-refractivity contribution >= 4 is 0 Å². The van der Waals surface area contributed by atoms with Crippen LogP contribution in [0.5, 0.6) is 0 Å². The van der Waals surface area contributed by atoms with Crippen LogP contribution in [0.25, 0.3) is 68.3 Å². The second-order valence-corrected chi connectivity index (χ2v) is 15.6. The van der Waals surface area contributed by atoms with Crippen LogP contribution in [-0.2, 0) is 16.2 Å². The Kier molecular flexibility index (Phi) is 5.94. The Hall–Kier alpha value is -5.88. The Balaban J connectivity index is 1.18. The molecule has 6 nitrogen and oxygen atoms in total. The summed E-state index contributed by atoms with van der Waals surface area (Å²) in [4.78, 5) is 31.0. The molecule has 3 aliphatic carbocycles. The molecule has 246 valence electrons. The summed E-state index contributed by atoms with van der Waals surface area (Å²) in [7, 11) is 0. The van der Waals surface area contributed by atoms with Crippen LogP contribution in [0.1, 0.15) is 74.9 Å². The minimum atomic E-state index is -0.149. The van der Waals surface area contributed by atoms with Crippen molar-refractivity contribution in [3.8, 4) is 68.3 Å². The van der Waals surface area contributed by atoms with E-state index in [2.05, 4.69) is 133 Å². The maximum atomic E-state index is 5.25. The molecule has 0 radical (unpaired) electrons. The monoisotopic (exact) mass is 660 g/mol. The fourth-order valence-corrected chi connectivity index (χ4v) is 8.74. The molecule has 0 unspecified atom stereocenters. The van der Waals surface area contributed by atoms with Crippen molar-refractivity contribution in [1.82, 2.24) is 29.9 Å². The third-order valence-corrected chi connectivity index (χ3v) is 11.6. The molecule has 10 rings (SSSR count). The van der Waals surface area contributed by atoms with E-state index < -0.39 is 0 Å². The molecule has 0 N–H and O–H groups in total. The summed E-state index contributed by atoms with van der Waals surface area (Å²) in [5.41, 5.74) is 15.4. The van der Waals surface area contributed by atoms with E-state index in [1.54, 1.807) is 0 Å². The average molecular weight is 661 g/mol. The van der Waals surface area contributed by atoms with Crippen LogP contribution in [0.2, 0.25) is 0 Å². The molecule has 0 bridgehead atoms. The van der Waals surface area contributed by atoms with E-state index in [-0.39, 0.29) is 16.2 Å². The van der Waals surface area contributed by atoms with Gasteiger partial charge in [-0.25, -0.2) is 29.9 Å². The Morgan fingerprint density at radius 3 is 0.863 bits per heavy atom. The second kappa shape index (κ2) is 10.1. The van der Waals surface area contributed by atoms with Gasteiger partial charge < -0.3 is 0 Å². The standard InChI is InChI=1S/C45H36N6/c1-43(2)28-16-10-7-13-25(28)37-31(43)19-22-34(46-37)40-49-41(35-23-20-32-38(47-35)26-14-8-11-17-29(26)44(32,3)4)51-42(50-40)36-24-21-33-39(48-36)27-15-9-12-18-30(27)45(33,5)6/h7-24H,1-6H3. The van der Waals surface area contributed by atoms with Crippen LogP contribution in [0, 0.1) is 0 Å². The summed E-state index contributed by atoms with van der Waals surface area (Å²) in [5.74, 6) is 1.48. The molecule has 6 heteroatoms. The lowest BCUT2D eigenvalue weighted by molar-refractivity contribution is 0.659. The Morgan fingerprint density at radius 2 is 0.569 bits per heavy atom. The first-order valence-electron chi connectivity index (χ1n) is 17.6. The predicted molar refractivity (Wildman–Crippen MR) is 202 cm³/mol. The molecule has 0 aliphatic heterocycles. The molecule has 4 heterocycles. The fraction of sp³-hybridized carbons (Fsp3) is 0.200. The van der Waals surface area contributed by atoms with Crippen LogP contribution < -0.4 is 0 Å². The molecular weight excluding hydrogens is 625 g/mol. The summed E-state index contributed by atoms with van der Waals surface area (Å²) in [6.45, 7) is 13.6. The Bertz CT molecular complexity index is 2330. The molecule has 4 aromatic heterocycles. The maximum Gasteiger partial charge on any atom is 0.182 e. The van der Waals surface area contributed by atoms with E-state index in [1.807, 2.05) is 18.2 Å². The third-order valence-electron chi connectivity index (χ3n) is 11.6. The van der Waals surface area contributed by atoms with Gasteiger partial charge >= 0.3 is 0 Å². The smallest absolute Gasteiger partial charge is 0.182 e. The number of rotatable bonds is 3. The summed E-state index contributed by atoms with van der Waals surface area (Å²) >= 11 is 0. The lowest BCUT2D eigenvalue weighted by Gasteiger charge is -2.21. The summed E-state index contributed by atoms with van der Waals surface area (Å²) in [5, 5.41) is 0. The molecule has 0 saturated carbocycles. The van der Waals surface area contributed by atoms with E-state index >= 15 is 0 Å². The zero-order valence-corrected chi connectivity index (χ0v) is 29.6. The van der Waals surface area contributed by atoms with E-state index in [1.165, 1.54) is 33.4 Å². The summed E-state index contributed by atoms with van der Waals surface area (Å²) in [6, 6.07) is 38.3. The van der Waals surface area contributed by atoms with Gasteiger partial charge in [0.2, 0.25) is 0 Å². The first kappa shape index (κ1) is 30.0. The molecule has 0 fully saturated rings. The minimum absolute atomic E-state index is 0.149. The summed E-state index contributed by atoms with van der Waals surface area (Å²) in [6.07, 6.45) is 0. The highest BCUT2D eigenvalue weighted by Gasteiger charge is 2.39. The third kappa shape index (κ3) is 4.10. The number of fused-ring (bicyclic) bond motifs is 9. The van der Waals surface area contributed by atoms with Gasteiger partial charge in [0.1, 0.15) is 17.1 Å². The highest BCUT2D eigenvalue weighted by Crippen LogP contribution is 2.50. The van der Waals surface area contributed by atoms with Crippen molar-refractivity contribution in [2.45, 2.75) is 57.8 Å². The first-order chi connectivity index (χ1) is 24.5. The van der Waals surface area contributed by atoms with E-state index in [9.17, 15) is 0 Å². The van der Waals surface area contributed by atoms with Crippen LogP contribution >= 0.6 is 0 Å². The fourth-order valence-electron chi connectivity index (χ4n) is 8.74. The van der Waals surface area contributed by atoms with Crippen LogP contribution in [0.3, 0.4) is 0 Å². The molecule has 3 aliphatic rings. The Morgan fingerprint density at radius 1 is 0.294 bits per heavy atom. The van der Waals surface area contributed by atoms with Gasteiger partial charge in [-0.2, -0.15) is 0 Å². The molecule has 0 saturated heterocycles. The highest BCUT2D eigenvalue weighted by atomic mass is 15.1. The number of pyridine rings is 3. The molecule has 0 atom stereocenters. The van der Waals surface area contributed by atoms with Crippen LogP contribution in [-0.4, -0.2) is 29.9 Å². The zero-order chi connectivity index (χ0) is 34.9. The lowest BCUT2D eigenvalue weighted by Crippen LogP contribution is -2.15. The van der Waals surface area contributed by atoms with Crippen molar-refractivity contribution in [3.63, 3.8) is 0 Å². The van der Waals surface area contributed by atoms with Gasteiger partial charge in [0.25, 0.3) is 0 Å². The minimum Gasteiger partial charge on any atom is -0.244 e. The molecule has 51 heavy (non-hydrogen) atoms. The number of benzene rings is 3. The van der Waals surface area contributed by atoms with Gasteiger partial charge in [-0.15, -0.1) is 0 Å². The quantitative estimate of drug-likeness (QED) is 0.188. The highest BCUT2D eigenvalue weighted by molar-refractivity contribution is 5.82. The zero-order valence-electron chi connectivity index (χ0n) is 29.6. The lowest BCUT2D eigenvalue weighted by atomic mass is 9.83. The van der Waals surface area contributed by atoms with E-state index in [0.29, 0.717) is 34.6 Å². The van der Waals surface area contributed by atoms with E-state index in [4.69, 9.17) is 29.9 Å². The Labute approximate surface area is 297 Å². The number of nitrogens with zero attached hydrogens (tertiary/aromatic N) is 6. The van der Waals surface area contributed by atoms with Gasteiger partial charge in [-0.3, -0.25) is 0 Å². The van der Waals surface area contributed by atoms with Crippen molar-refractivity contribution < 1.29 is 0 Å². The normalized spacial score (nSPS) is 16.1. The predicted octanol–water partition coefficient (Wildman–Crippen LogP) is 9.98.